The van der Waals surface area contributed by atoms with Gasteiger partial charge in [0.25, 0.3) is 0 Å². The molecule has 90 valence electrons. The Labute approximate surface area is 93.6 Å². The van der Waals surface area contributed by atoms with Crippen LogP contribution in [0.1, 0.15) is 26.2 Å². The van der Waals surface area contributed by atoms with Gasteiger partial charge in [-0.3, -0.25) is 0 Å². The summed E-state index contributed by atoms with van der Waals surface area (Å²) in [5, 5.41) is 0. The summed E-state index contributed by atoms with van der Waals surface area (Å²) in [6.45, 7) is 1.90. The molecule has 0 aliphatic heterocycles. The molecule has 1 unspecified atom stereocenters. The molecule has 0 bridgehead atoms. The molecule has 0 saturated carbocycles. The van der Waals surface area contributed by atoms with E-state index in [-0.39, 0.29) is 12.6 Å². The van der Waals surface area contributed by atoms with Gasteiger partial charge < -0.3 is 10.6 Å². The third-order valence-electron chi connectivity index (χ3n) is 2.28. The number of halogens is 3. The molecule has 6 heteroatoms. The second-order valence-corrected chi connectivity index (χ2v) is 4.10. The molecule has 0 saturated heterocycles. The molecule has 0 aliphatic rings. The summed E-state index contributed by atoms with van der Waals surface area (Å²) < 4.78 is 35.9. The molecule has 0 aromatic carbocycles. The molecule has 0 aliphatic carbocycles. The summed E-state index contributed by atoms with van der Waals surface area (Å²) in [4.78, 5) is 2.01. The van der Waals surface area contributed by atoms with Gasteiger partial charge >= 0.3 is 6.18 Å². The maximum Gasteiger partial charge on any atom is 0.390 e. The summed E-state index contributed by atoms with van der Waals surface area (Å²) in [5.74, 6) is 0. The minimum absolute atomic E-state index is 0.00449. The van der Waals surface area contributed by atoms with Crippen LogP contribution in [0.15, 0.2) is 0 Å². The van der Waals surface area contributed by atoms with Crippen LogP contribution in [0.5, 0.6) is 0 Å². The zero-order valence-corrected chi connectivity index (χ0v) is 9.79. The summed E-state index contributed by atoms with van der Waals surface area (Å²) in [6, 6.07) is 0.00449. The van der Waals surface area contributed by atoms with E-state index in [9.17, 15) is 13.2 Å². The van der Waals surface area contributed by atoms with E-state index in [1.54, 1.807) is 11.9 Å². The Hall–Kier alpha value is -0.360. The smallest absolute Gasteiger partial charge is 0.390 e. The van der Waals surface area contributed by atoms with E-state index in [0.717, 1.165) is 6.42 Å². The molecular weight excluding hydrogens is 225 g/mol. The Kier molecular flexibility index (Phi) is 6.12. The lowest BCUT2D eigenvalue weighted by molar-refractivity contribution is -0.138. The van der Waals surface area contributed by atoms with Crippen LogP contribution < -0.4 is 5.73 Å². The predicted molar refractivity (Wildman–Crippen MR) is 58.8 cm³/mol. The zero-order valence-electron chi connectivity index (χ0n) is 8.97. The van der Waals surface area contributed by atoms with Crippen molar-refractivity contribution < 1.29 is 13.2 Å². The molecule has 0 rings (SSSR count). The second kappa shape index (κ2) is 6.27. The van der Waals surface area contributed by atoms with Crippen LogP contribution in [0.2, 0.25) is 0 Å². The highest BCUT2D eigenvalue weighted by molar-refractivity contribution is 7.80. The third kappa shape index (κ3) is 7.56. The maximum absolute atomic E-state index is 12.0. The quantitative estimate of drug-likeness (QED) is 0.725. The van der Waals surface area contributed by atoms with E-state index < -0.39 is 12.6 Å². The van der Waals surface area contributed by atoms with Gasteiger partial charge in [0.1, 0.15) is 0 Å². The number of thiocarbonyl (C=S) groups is 1. The van der Waals surface area contributed by atoms with Gasteiger partial charge in [0.15, 0.2) is 0 Å². The zero-order chi connectivity index (χ0) is 12.1. The van der Waals surface area contributed by atoms with Gasteiger partial charge in [-0.1, -0.05) is 19.1 Å². The summed E-state index contributed by atoms with van der Waals surface area (Å²) in [7, 11) is 1.66. The Morgan fingerprint density at radius 3 is 2.33 bits per heavy atom. The Morgan fingerprint density at radius 2 is 2.00 bits per heavy atom. The van der Waals surface area contributed by atoms with Gasteiger partial charge in [0, 0.05) is 19.0 Å². The topological polar surface area (TPSA) is 29.3 Å². The fourth-order valence-electron chi connectivity index (χ4n) is 1.33. The maximum atomic E-state index is 12.0. The molecule has 0 radical (unpaired) electrons. The molecular formula is C9H17F3N2S. The van der Waals surface area contributed by atoms with E-state index in [2.05, 4.69) is 0 Å². The normalized spacial score (nSPS) is 14.3. The van der Waals surface area contributed by atoms with Gasteiger partial charge in [0.05, 0.1) is 11.4 Å². The number of hydrogen-bond donors (Lipinski definition) is 1. The van der Waals surface area contributed by atoms with Crippen LogP contribution in [0, 0.1) is 0 Å². The van der Waals surface area contributed by atoms with Crippen molar-refractivity contribution in [3.63, 3.8) is 0 Å². The third-order valence-corrected chi connectivity index (χ3v) is 2.45. The van der Waals surface area contributed by atoms with E-state index in [1.165, 1.54) is 0 Å². The van der Waals surface area contributed by atoms with Gasteiger partial charge in [-0.15, -0.1) is 0 Å². The molecule has 0 aromatic heterocycles. The Morgan fingerprint density at radius 1 is 1.47 bits per heavy atom. The largest absolute Gasteiger partial charge is 0.393 e. The first kappa shape index (κ1) is 14.6. The monoisotopic (exact) mass is 242 g/mol. The molecule has 15 heavy (non-hydrogen) atoms. The standard InChI is InChI=1S/C9H17F3N2S/c1-3-7(6-8(13)15)14(2)5-4-9(10,11)12/h7H,3-6H2,1-2H3,(H2,13,15). The van der Waals surface area contributed by atoms with E-state index in [4.69, 9.17) is 18.0 Å². The molecule has 2 N–H and O–H groups in total. The number of nitrogens with zero attached hydrogens (tertiary/aromatic N) is 1. The summed E-state index contributed by atoms with van der Waals surface area (Å²) in [6.07, 6.45) is -3.68. The van der Waals surface area contributed by atoms with Crippen molar-refractivity contribution in [2.24, 2.45) is 5.73 Å². The van der Waals surface area contributed by atoms with Crippen LogP contribution in [-0.2, 0) is 0 Å². The first-order chi connectivity index (χ1) is 6.76. The number of alkyl halides is 3. The minimum atomic E-state index is -4.10. The van der Waals surface area contributed by atoms with Gasteiger partial charge in [0.2, 0.25) is 0 Å². The van der Waals surface area contributed by atoms with Crippen molar-refractivity contribution in [3.8, 4) is 0 Å². The first-order valence-corrected chi connectivity index (χ1v) is 5.22. The highest BCUT2D eigenvalue weighted by Gasteiger charge is 2.28. The molecule has 0 fully saturated rings. The van der Waals surface area contributed by atoms with Gasteiger partial charge in [-0.05, 0) is 13.5 Å². The second-order valence-electron chi connectivity index (χ2n) is 3.58. The first-order valence-electron chi connectivity index (χ1n) is 4.81. The summed E-state index contributed by atoms with van der Waals surface area (Å²) >= 11 is 4.74. The van der Waals surface area contributed by atoms with E-state index >= 15 is 0 Å². The van der Waals surface area contributed by atoms with Crippen molar-refractivity contribution in [1.82, 2.24) is 4.90 Å². The average molecular weight is 242 g/mol. The van der Waals surface area contributed by atoms with Crippen molar-refractivity contribution >= 4 is 17.2 Å². The Bertz CT molecular complexity index is 206. The lowest BCUT2D eigenvalue weighted by atomic mass is 10.1. The molecule has 0 amide bonds. The SMILES string of the molecule is CCC(CC(N)=S)N(C)CCC(F)(F)F. The number of hydrogen-bond acceptors (Lipinski definition) is 2. The molecule has 0 heterocycles. The Balaban J connectivity index is 4.04. The van der Waals surface area contributed by atoms with Crippen molar-refractivity contribution in [2.45, 2.75) is 38.4 Å². The molecule has 0 aromatic rings. The molecule has 1 atom stereocenters. The predicted octanol–water partition coefficient (Wildman–Crippen LogP) is 2.33. The fraction of sp³-hybridized carbons (Fsp3) is 0.889. The van der Waals surface area contributed by atoms with Gasteiger partial charge in [-0.25, -0.2) is 0 Å². The average Bonchev–Trinajstić information content (AvgIpc) is 2.08. The molecule has 2 nitrogen and oxygen atoms in total. The van der Waals surface area contributed by atoms with Crippen LogP contribution in [-0.4, -0.2) is 35.7 Å². The van der Waals surface area contributed by atoms with Crippen molar-refractivity contribution in [3.05, 3.63) is 0 Å². The minimum Gasteiger partial charge on any atom is -0.393 e. The van der Waals surface area contributed by atoms with Crippen LogP contribution in [0.25, 0.3) is 0 Å². The van der Waals surface area contributed by atoms with Crippen molar-refractivity contribution in [1.29, 1.82) is 0 Å². The van der Waals surface area contributed by atoms with E-state index in [1.807, 2.05) is 6.92 Å². The van der Waals surface area contributed by atoms with Gasteiger partial charge in [-0.2, -0.15) is 13.2 Å². The fourth-order valence-corrected chi connectivity index (χ4v) is 1.52. The highest BCUT2D eigenvalue weighted by Crippen LogP contribution is 2.20. The number of nitrogens with two attached hydrogens (primary N) is 1. The van der Waals surface area contributed by atoms with Crippen LogP contribution >= 0.6 is 12.2 Å². The van der Waals surface area contributed by atoms with Crippen LogP contribution in [0.3, 0.4) is 0 Å². The lowest BCUT2D eigenvalue weighted by Gasteiger charge is -2.27. The van der Waals surface area contributed by atoms with E-state index in [0.29, 0.717) is 11.4 Å². The van der Waals surface area contributed by atoms with Crippen LogP contribution in [0.4, 0.5) is 13.2 Å². The number of rotatable bonds is 6. The summed E-state index contributed by atoms with van der Waals surface area (Å²) in [5.41, 5.74) is 5.37. The highest BCUT2D eigenvalue weighted by atomic mass is 32.1. The van der Waals surface area contributed by atoms with Crippen molar-refractivity contribution in [2.75, 3.05) is 13.6 Å². The lowest BCUT2D eigenvalue weighted by Crippen LogP contribution is -2.36. The molecule has 0 spiro atoms.